The maximum Gasteiger partial charge on any atom is 0.508 e. The molecule has 1 saturated heterocycles. The first-order valence-electron chi connectivity index (χ1n) is 10.7. The highest BCUT2D eigenvalue weighted by Gasteiger charge is 2.29. The van der Waals surface area contributed by atoms with E-state index < -0.39 is 41.4 Å². The summed E-state index contributed by atoms with van der Waals surface area (Å²) < 4.78 is 40.2. The zero-order valence-corrected chi connectivity index (χ0v) is 18.0. The summed E-state index contributed by atoms with van der Waals surface area (Å²) in [7, 11) is 0. The van der Waals surface area contributed by atoms with Crippen LogP contribution in [0.2, 0.25) is 0 Å². The van der Waals surface area contributed by atoms with Crippen molar-refractivity contribution in [3.8, 4) is 0 Å². The number of carboxylic acids is 1. The Bertz CT molecular complexity index is 1190. The quantitative estimate of drug-likeness (QED) is 0.648. The predicted octanol–water partition coefficient (Wildman–Crippen LogP) is 3.57. The van der Waals surface area contributed by atoms with Gasteiger partial charge in [-0.3, -0.25) is 4.79 Å². The normalized spacial score (nSPS) is 16.1. The van der Waals surface area contributed by atoms with Crippen LogP contribution in [0.3, 0.4) is 0 Å². The average molecular weight is 463 g/mol. The number of piperidine rings is 1. The molecule has 0 unspecified atom stereocenters. The third kappa shape index (κ3) is 4.67. The molecule has 0 atom stereocenters. The summed E-state index contributed by atoms with van der Waals surface area (Å²) >= 11 is 0. The zero-order valence-electron chi connectivity index (χ0n) is 18.0. The number of nitrogens with zero attached hydrogens (tertiary/aromatic N) is 3. The van der Waals surface area contributed by atoms with E-state index in [1.54, 1.807) is 16.4 Å². The molecule has 0 bridgehead atoms. The highest BCUT2D eigenvalue weighted by molar-refractivity contribution is 5.92. The van der Waals surface area contributed by atoms with E-state index in [0.717, 1.165) is 18.9 Å². The van der Waals surface area contributed by atoms with Crippen molar-refractivity contribution in [3.63, 3.8) is 0 Å². The van der Waals surface area contributed by atoms with E-state index >= 15 is 0 Å². The molecule has 3 heterocycles. The van der Waals surface area contributed by atoms with Gasteiger partial charge in [0.2, 0.25) is 5.43 Å². The van der Waals surface area contributed by atoms with Gasteiger partial charge in [-0.15, -0.1) is 0 Å². The van der Waals surface area contributed by atoms with Gasteiger partial charge < -0.3 is 24.0 Å². The molecule has 4 rings (SSSR count). The Morgan fingerprint density at radius 1 is 1.24 bits per heavy atom. The number of carboxylic acid groups (broad SMARTS) is 1. The molecule has 2 fully saturated rings. The Morgan fingerprint density at radius 3 is 2.55 bits per heavy atom. The number of carbonyl (C=O) groups excluding carboxylic acids is 1. The van der Waals surface area contributed by atoms with Gasteiger partial charge in [0.05, 0.1) is 12.0 Å². The lowest BCUT2D eigenvalue weighted by Crippen LogP contribution is -2.33. The van der Waals surface area contributed by atoms with Crippen molar-refractivity contribution < 1.29 is 33.0 Å². The van der Waals surface area contributed by atoms with Crippen LogP contribution in [-0.2, 0) is 9.47 Å². The standard InChI is InChI=1S/C22H23F2N3O6/c1-2-32-22(31)33-11-17(24)12-5-7-26(8-6-12)20-16(23)9-14-18(28)15(21(29)30)10-27(13-3-4-13)19(14)25-20/h9-10,13H,2-8,11H2,1H3,(H,29,30). The topological polar surface area (TPSA) is 111 Å². The summed E-state index contributed by atoms with van der Waals surface area (Å²) in [6.07, 6.45) is 2.53. The van der Waals surface area contributed by atoms with Crippen molar-refractivity contribution in [2.24, 2.45) is 0 Å². The molecule has 1 saturated carbocycles. The van der Waals surface area contributed by atoms with E-state index in [-0.39, 0.29) is 55.4 Å². The summed E-state index contributed by atoms with van der Waals surface area (Å²) in [6, 6.07) is 1.05. The molecule has 0 radical (unpaired) electrons. The molecule has 1 aliphatic carbocycles. The van der Waals surface area contributed by atoms with Gasteiger partial charge in [0.25, 0.3) is 0 Å². The van der Waals surface area contributed by atoms with Gasteiger partial charge in [-0.05, 0) is 44.2 Å². The molecule has 2 aromatic rings. The number of ether oxygens (including phenoxy) is 2. The second kappa shape index (κ2) is 9.16. The number of anilines is 1. The first kappa shape index (κ1) is 22.7. The SMILES string of the molecule is CCOC(=O)OCC(F)=C1CCN(c2nc3c(cc2F)c(=O)c(C(=O)O)cn3C2CC2)CC1. The average Bonchev–Trinajstić information content (AvgIpc) is 3.63. The summed E-state index contributed by atoms with van der Waals surface area (Å²) in [6.45, 7) is 1.77. The Hall–Kier alpha value is -3.50. The van der Waals surface area contributed by atoms with Crippen LogP contribution in [-0.4, -0.2) is 53.1 Å². The molecule has 1 aliphatic heterocycles. The summed E-state index contributed by atoms with van der Waals surface area (Å²) in [4.78, 5) is 41.3. The van der Waals surface area contributed by atoms with Crippen LogP contribution in [0.4, 0.5) is 19.4 Å². The van der Waals surface area contributed by atoms with Gasteiger partial charge in [0.15, 0.2) is 11.6 Å². The van der Waals surface area contributed by atoms with E-state index in [0.29, 0.717) is 5.57 Å². The Kier molecular flexibility index (Phi) is 6.30. The molecule has 2 aliphatic rings. The van der Waals surface area contributed by atoms with Gasteiger partial charge >= 0.3 is 12.1 Å². The lowest BCUT2D eigenvalue weighted by molar-refractivity contribution is 0.0615. The van der Waals surface area contributed by atoms with Crippen LogP contribution in [0.25, 0.3) is 11.0 Å². The minimum atomic E-state index is -1.37. The molecule has 1 N–H and O–H groups in total. The minimum absolute atomic E-state index is 0.0152. The molecule has 0 aromatic carbocycles. The lowest BCUT2D eigenvalue weighted by Gasteiger charge is -2.30. The highest BCUT2D eigenvalue weighted by Crippen LogP contribution is 2.37. The van der Waals surface area contributed by atoms with Crippen LogP contribution in [0.5, 0.6) is 0 Å². The Balaban J connectivity index is 1.58. The number of halogens is 2. The van der Waals surface area contributed by atoms with Gasteiger partial charge in [0, 0.05) is 25.3 Å². The Labute approximate surface area is 187 Å². The van der Waals surface area contributed by atoms with E-state index in [1.165, 1.54) is 6.20 Å². The van der Waals surface area contributed by atoms with Gasteiger partial charge in [0.1, 0.15) is 23.6 Å². The van der Waals surface area contributed by atoms with E-state index in [9.17, 15) is 28.3 Å². The first-order valence-corrected chi connectivity index (χ1v) is 10.7. The van der Waals surface area contributed by atoms with Crippen molar-refractivity contribution in [1.82, 2.24) is 9.55 Å². The number of carbonyl (C=O) groups is 2. The number of hydrogen-bond donors (Lipinski definition) is 1. The van der Waals surface area contributed by atoms with Crippen LogP contribution in [0.1, 0.15) is 49.0 Å². The first-order chi connectivity index (χ1) is 15.8. The fourth-order valence-electron chi connectivity index (χ4n) is 3.89. The van der Waals surface area contributed by atoms with Crippen molar-refractivity contribution >= 4 is 29.0 Å². The fraction of sp³-hybridized carbons (Fsp3) is 0.455. The number of pyridine rings is 2. The molecule has 33 heavy (non-hydrogen) atoms. The molecular weight excluding hydrogens is 440 g/mol. The fourth-order valence-corrected chi connectivity index (χ4v) is 3.89. The lowest BCUT2D eigenvalue weighted by atomic mass is 10.0. The Morgan fingerprint density at radius 2 is 1.94 bits per heavy atom. The zero-order chi connectivity index (χ0) is 23.7. The maximum atomic E-state index is 14.9. The van der Waals surface area contributed by atoms with Crippen LogP contribution < -0.4 is 10.3 Å². The highest BCUT2D eigenvalue weighted by atomic mass is 19.1. The number of aromatic carboxylic acids is 1. The molecule has 176 valence electrons. The molecule has 9 nitrogen and oxygen atoms in total. The number of fused-ring (bicyclic) bond motifs is 1. The van der Waals surface area contributed by atoms with Gasteiger partial charge in [-0.25, -0.2) is 23.4 Å². The molecular formula is C22H23F2N3O6. The van der Waals surface area contributed by atoms with Gasteiger partial charge in [-0.1, -0.05) is 0 Å². The van der Waals surface area contributed by atoms with Crippen molar-refractivity contribution in [1.29, 1.82) is 0 Å². The van der Waals surface area contributed by atoms with Crippen LogP contribution in [0.15, 0.2) is 28.5 Å². The third-order valence-corrected chi connectivity index (χ3v) is 5.74. The van der Waals surface area contributed by atoms with Crippen molar-refractivity contribution in [3.05, 3.63) is 45.3 Å². The monoisotopic (exact) mass is 463 g/mol. The summed E-state index contributed by atoms with van der Waals surface area (Å²) in [5.41, 5.74) is -0.492. The van der Waals surface area contributed by atoms with Crippen molar-refractivity contribution in [2.75, 3.05) is 31.2 Å². The third-order valence-electron chi connectivity index (χ3n) is 5.74. The largest absolute Gasteiger partial charge is 0.508 e. The predicted molar refractivity (Wildman–Crippen MR) is 114 cm³/mol. The van der Waals surface area contributed by atoms with E-state index in [4.69, 9.17) is 4.74 Å². The van der Waals surface area contributed by atoms with Gasteiger partial charge in [-0.2, -0.15) is 0 Å². The summed E-state index contributed by atoms with van der Waals surface area (Å²) in [5.74, 6) is -2.65. The van der Waals surface area contributed by atoms with E-state index in [2.05, 4.69) is 9.72 Å². The second-order valence-corrected chi connectivity index (χ2v) is 7.95. The molecule has 11 heteroatoms. The second-order valence-electron chi connectivity index (χ2n) is 7.95. The van der Waals surface area contributed by atoms with E-state index in [1.807, 2.05) is 0 Å². The number of rotatable bonds is 6. The van der Waals surface area contributed by atoms with Crippen LogP contribution in [0, 0.1) is 5.82 Å². The summed E-state index contributed by atoms with van der Waals surface area (Å²) in [5, 5.41) is 9.26. The smallest absolute Gasteiger partial charge is 0.477 e. The number of aromatic nitrogens is 2. The van der Waals surface area contributed by atoms with Crippen molar-refractivity contribution in [2.45, 2.75) is 38.6 Å². The molecule has 0 amide bonds. The minimum Gasteiger partial charge on any atom is -0.477 e. The molecule has 0 spiro atoms. The maximum absolute atomic E-state index is 14.9. The molecule has 2 aromatic heterocycles. The van der Waals surface area contributed by atoms with Crippen LogP contribution >= 0.6 is 0 Å². The number of hydrogen-bond acceptors (Lipinski definition) is 7.